The zero-order valence-corrected chi connectivity index (χ0v) is 13.6. The van der Waals surface area contributed by atoms with Crippen LogP contribution in [0.1, 0.15) is 21.7 Å². The zero-order chi connectivity index (χ0) is 17.2. The molecular formula is C18H15N5O2. The van der Waals surface area contributed by atoms with Crippen molar-refractivity contribution in [1.82, 2.24) is 24.8 Å². The predicted molar refractivity (Wildman–Crippen MR) is 89.6 cm³/mol. The second-order valence-electron chi connectivity index (χ2n) is 5.65. The summed E-state index contributed by atoms with van der Waals surface area (Å²) in [5.41, 5.74) is 3.82. The van der Waals surface area contributed by atoms with Gasteiger partial charge in [0.1, 0.15) is 12.0 Å². The van der Waals surface area contributed by atoms with Gasteiger partial charge in [0.15, 0.2) is 0 Å². The smallest absolute Gasteiger partial charge is 0.273 e. The van der Waals surface area contributed by atoms with Gasteiger partial charge in [0, 0.05) is 30.6 Å². The van der Waals surface area contributed by atoms with Crippen molar-refractivity contribution in [2.75, 3.05) is 7.11 Å². The highest BCUT2D eigenvalue weighted by molar-refractivity contribution is 5.93. The molecule has 0 radical (unpaired) electrons. The molecule has 0 atom stereocenters. The molecule has 4 heterocycles. The van der Waals surface area contributed by atoms with Crippen molar-refractivity contribution in [2.24, 2.45) is 0 Å². The van der Waals surface area contributed by atoms with Crippen molar-refractivity contribution in [2.45, 2.75) is 13.1 Å². The van der Waals surface area contributed by atoms with E-state index in [9.17, 15) is 4.79 Å². The molecule has 3 aromatic rings. The Hall–Kier alpha value is -3.35. The van der Waals surface area contributed by atoms with E-state index >= 15 is 0 Å². The van der Waals surface area contributed by atoms with Gasteiger partial charge in [-0.25, -0.2) is 15.0 Å². The quantitative estimate of drug-likeness (QED) is 0.730. The molecule has 1 aliphatic rings. The van der Waals surface area contributed by atoms with Gasteiger partial charge >= 0.3 is 0 Å². The first-order valence-corrected chi connectivity index (χ1v) is 7.79. The molecule has 25 heavy (non-hydrogen) atoms. The topological polar surface area (TPSA) is 81.1 Å². The minimum Gasteiger partial charge on any atom is -0.481 e. The highest BCUT2D eigenvalue weighted by atomic mass is 16.5. The first kappa shape index (κ1) is 15.2. The molecule has 1 aliphatic heterocycles. The highest BCUT2D eigenvalue weighted by Crippen LogP contribution is 2.24. The summed E-state index contributed by atoms with van der Waals surface area (Å²) in [5, 5.41) is 0. The molecule has 0 fully saturated rings. The number of fused-ring (bicyclic) bond motifs is 1. The second-order valence-corrected chi connectivity index (χ2v) is 5.65. The molecule has 0 spiro atoms. The average molecular weight is 333 g/mol. The van der Waals surface area contributed by atoms with Gasteiger partial charge in [-0.3, -0.25) is 9.78 Å². The van der Waals surface area contributed by atoms with Crippen LogP contribution in [0.15, 0.2) is 49.1 Å². The van der Waals surface area contributed by atoms with Crippen LogP contribution in [0.2, 0.25) is 0 Å². The van der Waals surface area contributed by atoms with Gasteiger partial charge in [0.25, 0.3) is 5.91 Å². The fourth-order valence-corrected chi connectivity index (χ4v) is 2.82. The van der Waals surface area contributed by atoms with E-state index in [2.05, 4.69) is 19.9 Å². The van der Waals surface area contributed by atoms with Crippen LogP contribution in [0.25, 0.3) is 11.3 Å². The standard InChI is InChI=1S/C18H15N5O2/c1-25-17-7-12(4-6-20-17)14-8-15(22-11-21-14)18(24)23-9-13-3-2-5-19-16(13)10-23/h2-8,11H,9-10H2,1H3. The Bertz CT molecular complexity index is 919. The van der Waals surface area contributed by atoms with E-state index in [-0.39, 0.29) is 5.91 Å². The molecule has 0 N–H and O–H groups in total. The third-order valence-corrected chi connectivity index (χ3v) is 4.10. The SMILES string of the molecule is COc1cc(-c2cc(C(=O)N3Cc4cccnc4C3)ncn2)ccn1. The van der Waals surface area contributed by atoms with E-state index in [1.165, 1.54) is 6.33 Å². The fraction of sp³-hybridized carbons (Fsp3) is 0.167. The number of ether oxygens (including phenoxy) is 1. The molecule has 7 nitrogen and oxygen atoms in total. The maximum Gasteiger partial charge on any atom is 0.273 e. The molecule has 124 valence electrons. The summed E-state index contributed by atoms with van der Waals surface area (Å²) >= 11 is 0. The second kappa shape index (κ2) is 6.27. The summed E-state index contributed by atoms with van der Waals surface area (Å²) in [6.45, 7) is 1.04. The zero-order valence-electron chi connectivity index (χ0n) is 13.6. The van der Waals surface area contributed by atoms with E-state index < -0.39 is 0 Å². The molecule has 7 heteroatoms. The van der Waals surface area contributed by atoms with Crippen molar-refractivity contribution in [3.05, 3.63) is 66.0 Å². The number of pyridine rings is 2. The predicted octanol–water partition coefficient (Wildman–Crippen LogP) is 2.10. The Balaban J connectivity index is 1.60. The molecule has 0 aliphatic carbocycles. The normalized spacial score (nSPS) is 12.8. The van der Waals surface area contributed by atoms with Gasteiger partial charge in [0.2, 0.25) is 5.88 Å². The van der Waals surface area contributed by atoms with Crippen LogP contribution >= 0.6 is 0 Å². The third-order valence-electron chi connectivity index (χ3n) is 4.10. The summed E-state index contributed by atoms with van der Waals surface area (Å²) < 4.78 is 5.13. The third kappa shape index (κ3) is 2.91. The van der Waals surface area contributed by atoms with Crippen molar-refractivity contribution < 1.29 is 9.53 Å². The number of hydrogen-bond acceptors (Lipinski definition) is 6. The Morgan fingerprint density at radius 1 is 1.08 bits per heavy atom. The first-order valence-electron chi connectivity index (χ1n) is 7.79. The van der Waals surface area contributed by atoms with E-state index in [1.54, 1.807) is 36.5 Å². The Morgan fingerprint density at radius 2 is 2.00 bits per heavy atom. The lowest BCUT2D eigenvalue weighted by Crippen LogP contribution is -2.26. The van der Waals surface area contributed by atoms with Crippen LogP contribution in [-0.4, -0.2) is 37.9 Å². The van der Waals surface area contributed by atoms with E-state index in [0.29, 0.717) is 30.4 Å². The van der Waals surface area contributed by atoms with E-state index in [0.717, 1.165) is 16.8 Å². The van der Waals surface area contributed by atoms with Crippen molar-refractivity contribution in [1.29, 1.82) is 0 Å². The van der Waals surface area contributed by atoms with E-state index in [1.807, 2.05) is 18.2 Å². The van der Waals surface area contributed by atoms with Crippen LogP contribution in [0.5, 0.6) is 5.88 Å². The van der Waals surface area contributed by atoms with Crippen molar-refractivity contribution >= 4 is 5.91 Å². The molecule has 0 saturated carbocycles. The molecule has 0 bridgehead atoms. The molecule has 1 amide bonds. The number of hydrogen-bond donors (Lipinski definition) is 0. The molecule has 0 aromatic carbocycles. The van der Waals surface area contributed by atoms with Crippen molar-refractivity contribution in [3.63, 3.8) is 0 Å². The summed E-state index contributed by atoms with van der Waals surface area (Å²) in [4.78, 5) is 31.3. The van der Waals surface area contributed by atoms with Gasteiger partial charge in [-0.05, 0) is 23.8 Å². The fourth-order valence-electron chi connectivity index (χ4n) is 2.82. The largest absolute Gasteiger partial charge is 0.481 e. The number of methoxy groups -OCH3 is 1. The first-order chi connectivity index (χ1) is 12.2. The number of rotatable bonds is 3. The minimum atomic E-state index is -0.136. The number of aromatic nitrogens is 4. The van der Waals surface area contributed by atoms with Crippen molar-refractivity contribution in [3.8, 4) is 17.1 Å². The number of carbonyl (C=O) groups excluding carboxylic acids is 1. The number of carbonyl (C=O) groups is 1. The number of nitrogens with zero attached hydrogens (tertiary/aromatic N) is 5. The molecule has 4 rings (SSSR count). The van der Waals surface area contributed by atoms with Crippen LogP contribution in [0.4, 0.5) is 0 Å². The molecule has 0 saturated heterocycles. The lowest BCUT2D eigenvalue weighted by Gasteiger charge is -2.14. The molecule has 3 aromatic heterocycles. The van der Waals surface area contributed by atoms with Gasteiger partial charge in [-0.2, -0.15) is 0 Å². The average Bonchev–Trinajstić information content (AvgIpc) is 3.12. The summed E-state index contributed by atoms with van der Waals surface area (Å²) in [5.74, 6) is 0.354. The van der Waals surface area contributed by atoms with Gasteiger partial charge in [0.05, 0.1) is 25.0 Å². The lowest BCUT2D eigenvalue weighted by atomic mass is 10.1. The van der Waals surface area contributed by atoms with Gasteiger partial charge < -0.3 is 9.64 Å². The Morgan fingerprint density at radius 3 is 2.84 bits per heavy atom. The Labute approximate surface area is 144 Å². The molecule has 0 unspecified atom stereocenters. The maximum absolute atomic E-state index is 12.8. The summed E-state index contributed by atoms with van der Waals surface area (Å²) in [6.07, 6.45) is 4.78. The summed E-state index contributed by atoms with van der Waals surface area (Å²) in [6, 6.07) is 9.14. The minimum absolute atomic E-state index is 0.136. The lowest BCUT2D eigenvalue weighted by molar-refractivity contribution is 0.0744. The highest BCUT2D eigenvalue weighted by Gasteiger charge is 2.26. The van der Waals surface area contributed by atoms with Crippen LogP contribution in [0, 0.1) is 0 Å². The molecular weight excluding hydrogens is 318 g/mol. The van der Waals surface area contributed by atoms with Gasteiger partial charge in [-0.15, -0.1) is 0 Å². The van der Waals surface area contributed by atoms with Gasteiger partial charge in [-0.1, -0.05) is 6.07 Å². The number of amides is 1. The monoisotopic (exact) mass is 333 g/mol. The van der Waals surface area contributed by atoms with Crippen LogP contribution in [0.3, 0.4) is 0 Å². The Kier molecular flexibility index (Phi) is 3.81. The van der Waals surface area contributed by atoms with Crippen LogP contribution < -0.4 is 4.74 Å². The summed E-state index contributed by atoms with van der Waals surface area (Å²) in [7, 11) is 1.56. The maximum atomic E-state index is 12.8. The van der Waals surface area contributed by atoms with E-state index in [4.69, 9.17) is 4.74 Å². The van der Waals surface area contributed by atoms with Crippen LogP contribution in [-0.2, 0) is 13.1 Å².